The molecule has 0 fully saturated rings. The van der Waals surface area contributed by atoms with Gasteiger partial charge in [-0.25, -0.2) is 0 Å². The molecule has 0 saturated heterocycles. The van der Waals surface area contributed by atoms with E-state index >= 15 is 0 Å². The van der Waals surface area contributed by atoms with Crippen LogP contribution in [0.25, 0.3) is 0 Å². The van der Waals surface area contributed by atoms with Crippen LogP contribution in [0.1, 0.15) is 20.3 Å². The van der Waals surface area contributed by atoms with Gasteiger partial charge in [-0.3, -0.25) is 9.59 Å². The lowest BCUT2D eigenvalue weighted by molar-refractivity contribution is -0.117. The number of nitrogens with zero attached hydrogens (tertiary/aromatic N) is 1. The van der Waals surface area contributed by atoms with Gasteiger partial charge in [-0.05, 0) is 13.8 Å². The smallest absolute Gasteiger partial charge is 0.250 e. The fourth-order valence-corrected chi connectivity index (χ4v) is 1.10. The largest absolute Gasteiger partial charge is 0.352 e. The molecule has 0 saturated carbocycles. The Labute approximate surface area is 109 Å². The van der Waals surface area contributed by atoms with Crippen molar-refractivity contribution in [2.24, 2.45) is 0 Å². The number of nitrogens with one attached hydrogen (secondary N) is 2. The summed E-state index contributed by atoms with van der Waals surface area (Å²) in [5.41, 5.74) is 0.875. The highest BCUT2D eigenvalue weighted by Gasteiger charge is 2.05. The van der Waals surface area contributed by atoms with Gasteiger partial charge >= 0.3 is 0 Å². The predicted molar refractivity (Wildman–Crippen MR) is 73.2 cm³/mol. The molecule has 0 unspecified atom stereocenters. The minimum atomic E-state index is -0.283. The summed E-state index contributed by atoms with van der Waals surface area (Å²) in [5, 5.41) is 5.28. The maximum absolute atomic E-state index is 11.6. The highest BCUT2D eigenvalue weighted by molar-refractivity contribution is 5.96. The Hall–Kier alpha value is -1.62. The molecule has 0 aliphatic rings. The summed E-state index contributed by atoms with van der Waals surface area (Å²) in [5.74, 6) is -0.453. The highest BCUT2D eigenvalue weighted by atomic mass is 16.2. The van der Waals surface area contributed by atoms with Crippen molar-refractivity contribution in [1.29, 1.82) is 0 Å². The van der Waals surface area contributed by atoms with Gasteiger partial charge in [0.2, 0.25) is 11.8 Å². The van der Waals surface area contributed by atoms with Gasteiger partial charge < -0.3 is 10.6 Å². The van der Waals surface area contributed by atoms with E-state index < -0.39 is 0 Å². The van der Waals surface area contributed by atoms with E-state index in [-0.39, 0.29) is 11.8 Å². The first-order valence-electron chi connectivity index (χ1n) is 5.90. The summed E-state index contributed by atoms with van der Waals surface area (Å²) < 4.78 is 0. The third-order valence-corrected chi connectivity index (χ3v) is 2.23. The summed E-state index contributed by atoms with van der Waals surface area (Å²) in [6, 6.07) is 0. The zero-order valence-electron chi connectivity index (χ0n) is 11.7. The van der Waals surface area contributed by atoms with Crippen LogP contribution in [0.4, 0.5) is 0 Å². The first kappa shape index (κ1) is 16.4. The Balaban J connectivity index is 3.99. The van der Waals surface area contributed by atoms with Gasteiger partial charge in [-0.1, -0.05) is 6.58 Å². The monoisotopic (exact) mass is 253 g/mol. The molecule has 0 bridgehead atoms. The lowest BCUT2D eigenvalue weighted by atomic mass is 10.3. The molecule has 0 spiro atoms. The summed E-state index contributed by atoms with van der Waals surface area (Å²) >= 11 is 0. The molecule has 1 radical (unpaired) electrons. The topological polar surface area (TPSA) is 64.1 Å². The Morgan fingerprint density at radius 2 is 1.83 bits per heavy atom. The SMILES string of the molecule is C=C(C)C(=O)NC=C(C)C(=O)NCCC[N+](C)C. The van der Waals surface area contributed by atoms with Crippen LogP contribution in [-0.4, -0.2) is 39.0 Å². The molecule has 5 heteroatoms. The van der Waals surface area contributed by atoms with E-state index in [0.29, 0.717) is 17.7 Å². The molecule has 2 amide bonds. The molecule has 0 heterocycles. The Morgan fingerprint density at radius 1 is 1.22 bits per heavy atom. The first-order valence-corrected chi connectivity index (χ1v) is 5.90. The minimum Gasteiger partial charge on any atom is -0.352 e. The average molecular weight is 253 g/mol. The molecule has 0 atom stereocenters. The van der Waals surface area contributed by atoms with Crippen LogP contribution in [-0.2, 0) is 9.59 Å². The third-order valence-electron chi connectivity index (χ3n) is 2.23. The summed E-state index contributed by atoms with van der Waals surface area (Å²) in [7, 11) is 3.97. The van der Waals surface area contributed by atoms with Crippen LogP contribution in [0.5, 0.6) is 0 Å². The zero-order chi connectivity index (χ0) is 14.1. The number of carbonyl (C=O) groups is 2. The summed E-state index contributed by atoms with van der Waals surface area (Å²) in [6.07, 6.45) is 2.29. The number of rotatable bonds is 7. The Kier molecular flexibility index (Phi) is 7.71. The molecular weight excluding hydrogens is 230 g/mol. The van der Waals surface area contributed by atoms with Gasteiger partial charge in [-0.15, -0.1) is 0 Å². The standard InChI is InChI=1S/C13H23N3O2/c1-10(2)12(17)15-9-11(3)13(18)14-7-6-8-16(4)5/h9H,1,6-8H2,2-5H3,(H,14,18)(H,15,17)/q+1. The average Bonchev–Trinajstić information content (AvgIpc) is 2.30. The zero-order valence-corrected chi connectivity index (χ0v) is 11.7. The van der Waals surface area contributed by atoms with Gasteiger partial charge in [0.1, 0.15) is 20.6 Å². The van der Waals surface area contributed by atoms with Crippen molar-refractivity contribution < 1.29 is 9.59 Å². The highest BCUT2D eigenvalue weighted by Crippen LogP contribution is 1.92. The van der Waals surface area contributed by atoms with Gasteiger partial charge in [0.05, 0.1) is 0 Å². The van der Waals surface area contributed by atoms with Crippen LogP contribution in [0, 0.1) is 0 Å². The number of hydrogen-bond acceptors (Lipinski definition) is 3. The molecule has 0 rings (SSSR count). The van der Waals surface area contributed by atoms with Crippen LogP contribution < -0.4 is 15.5 Å². The molecule has 101 valence electrons. The molecule has 0 aromatic heterocycles. The van der Waals surface area contributed by atoms with Crippen LogP contribution >= 0.6 is 0 Å². The number of hydrogen-bond donors (Lipinski definition) is 2. The molecule has 0 aliphatic carbocycles. The molecular formula is C13H23N3O2+. The van der Waals surface area contributed by atoms with Gasteiger partial charge in [0.15, 0.2) is 0 Å². The Bertz CT molecular complexity index is 346. The van der Waals surface area contributed by atoms with Crippen molar-refractivity contribution in [3.05, 3.63) is 23.9 Å². The van der Waals surface area contributed by atoms with Gasteiger partial charge in [0.25, 0.3) is 0 Å². The molecule has 18 heavy (non-hydrogen) atoms. The van der Waals surface area contributed by atoms with Crippen LogP contribution in [0.2, 0.25) is 0 Å². The molecule has 0 aromatic rings. The van der Waals surface area contributed by atoms with E-state index in [1.165, 1.54) is 6.20 Å². The Morgan fingerprint density at radius 3 is 2.33 bits per heavy atom. The number of amides is 2. The van der Waals surface area contributed by atoms with E-state index in [9.17, 15) is 9.59 Å². The van der Waals surface area contributed by atoms with Crippen molar-refractivity contribution in [2.75, 3.05) is 27.2 Å². The summed E-state index contributed by atoms with van der Waals surface area (Å²) in [6.45, 7) is 8.32. The molecule has 0 aromatic carbocycles. The second-order valence-corrected chi connectivity index (χ2v) is 4.49. The van der Waals surface area contributed by atoms with Crippen molar-refractivity contribution in [1.82, 2.24) is 15.5 Å². The van der Waals surface area contributed by atoms with E-state index in [1.807, 2.05) is 14.1 Å². The maximum atomic E-state index is 11.6. The van der Waals surface area contributed by atoms with Gasteiger partial charge in [0, 0.05) is 30.3 Å². The third kappa shape index (κ3) is 7.62. The van der Waals surface area contributed by atoms with Crippen LogP contribution in [0.15, 0.2) is 23.9 Å². The van der Waals surface area contributed by atoms with Crippen molar-refractivity contribution in [3.63, 3.8) is 0 Å². The first-order chi connectivity index (χ1) is 8.34. The molecule has 5 nitrogen and oxygen atoms in total. The van der Waals surface area contributed by atoms with Crippen LogP contribution in [0.3, 0.4) is 0 Å². The normalized spacial score (nSPS) is 11.3. The molecule has 2 N–H and O–H groups in total. The van der Waals surface area contributed by atoms with Crippen molar-refractivity contribution in [2.45, 2.75) is 20.3 Å². The quantitative estimate of drug-likeness (QED) is 0.394. The summed E-state index contributed by atoms with van der Waals surface area (Å²) in [4.78, 5) is 24.9. The van der Waals surface area contributed by atoms with E-state index in [2.05, 4.69) is 22.1 Å². The van der Waals surface area contributed by atoms with Crippen molar-refractivity contribution >= 4 is 11.8 Å². The van der Waals surface area contributed by atoms with E-state index in [0.717, 1.165) is 13.0 Å². The predicted octanol–water partition coefficient (Wildman–Crippen LogP) is 0.489. The van der Waals surface area contributed by atoms with E-state index in [1.54, 1.807) is 13.8 Å². The maximum Gasteiger partial charge on any atom is 0.250 e. The minimum absolute atomic E-state index is 0.171. The fraction of sp³-hybridized carbons (Fsp3) is 0.538. The fourth-order valence-electron chi connectivity index (χ4n) is 1.10. The second kappa shape index (κ2) is 8.47. The lowest BCUT2D eigenvalue weighted by Gasteiger charge is -2.06. The van der Waals surface area contributed by atoms with Gasteiger partial charge in [-0.2, -0.15) is 4.90 Å². The molecule has 0 aliphatic heterocycles. The number of carbonyl (C=O) groups excluding carboxylic acids is 2. The second-order valence-electron chi connectivity index (χ2n) is 4.49. The lowest BCUT2D eigenvalue weighted by Crippen LogP contribution is -2.30. The van der Waals surface area contributed by atoms with Crippen molar-refractivity contribution in [3.8, 4) is 0 Å². The van der Waals surface area contributed by atoms with E-state index in [4.69, 9.17) is 0 Å².